The molecule has 25 heavy (non-hydrogen) atoms. The van der Waals surface area contributed by atoms with Gasteiger partial charge >= 0.3 is 0 Å². The van der Waals surface area contributed by atoms with Gasteiger partial charge in [-0.3, -0.25) is 4.79 Å². The standard InChI is InChI=1S/C20H24N4O/c1-15-6-5-9-23(13-15)20(25)14-24-17(12-21)11-18(22)19(24)10-16-7-3-2-4-8-16/h2-4,7-8,11,15H,5-6,9-10,13-14,22H2,1H3. The maximum atomic E-state index is 12.7. The fourth-order valence-electron chi connectivity index (χ4n) is 3.52. The molecule has 5 nitrogen and oxygen atoms in total. The van der Waals surface area contributed by atoms with Crippen LogP contribution >= 0.6 is 0 Å². The largest absolute Gasteiger partial charge is 0.397 e. The zero-order chi connectivity index (χ0) is 17.8. The number of carbonyl (C=O) groups is 1. The monoisotopic (exact) mass is 336 g/mol. The lowest BCUT2D eigenvalue weighted by atomic mass is 10.0. The molecule has 2 aromatic rings. The molecule has 1 aliphatic rings. The number of likely N-dealkylation sites (tertiary alicyclic amines) is 1. The number of amides is 1. The van der Waals surface area contributed by atoms with Gasteiger partial charge in [-0.05, 0) is 30.4 Å². The zero-order valence-corrected chi connectivity index (χ0v) is 14.6. The number of hydrogen-bond acceptors (Lipinski definition) is 3. The highest BCUT2D eigenvalue weighted by Gasteiger charge is 2.23. The van der Waals surface area contributed by atoms with Gasteiger partial charge in [0.1, 0.15) is 18.3 Å². The Morgan fingerprint density at radius 2 is 2.12 bits per heavy atom. The van der Waals surface area contributed by atoms with Gasteiger partial charge in [-0.1, -0.05) is 37.3 Å². The van der Waals surface area contributed by atoms with E-state index in [9.17, 15) is 10.1 Å². The Hall–Kier alpha value is -2.74. The van der Waals surface area contributed by atoms with Crippen molar-refractivity contribution in [3.63, 3.8) is 0 Å². The Morgan fingerprint density at radius 1 is 1.36 bits per heavy atom. The summed E-state index contributed by atoms with van der Waals surface area (Å²) >= 11 is 0. The number of nitrogen functional groups attached to an aromatic ring is 1. The van der Waals surface area contributed by atoms with Gasteiger partial charge < -0.3 is 15.2 Å². The van der Waals surface area contributed by atoms with E-state index in [4.69, 9.17) is 5.73 Å². The zero-order valence-electron chi connectivity index (χ0n) is 14.6. The van der Waals surface area contributed by atoms with Crippen molar-refractivity contribution in [2.45, 2.75) is 32.7 Å². The molecular formula is C20H24N4O. The van der Waals surface area contributed by atoms with Gasteiger partial charge in [0.2, 0.25) is 5.91 Å². The van der Waals surface area contributed by atoms with E-state index >= 15 is 0 Å². The topological polar surface area (TPSA) is 75.0 Å². The third-order valence-electron chi connectivity index (χ3n) is 4.87. The van der Waals surface area contributed by atoms with Crippen LogP contribution in [0.25, 0.3) is 0 Å². The Kier molecular flexibility index (Phi) is 5.08. The molecule has 1 aromatic heterocycles. The fraction of sp³-hybridized carbons (Fsp3) is 0.400. The van der Waals surface area contributed by atoms with Crippen molar-refractivity contribution in [2.24, 2.45) is 5.92 Å². The first-order valence-corrected chi connectivity index (χ1v) is 8.78. The number of piperidine rings is 1. The van der Waals surface area contributed by atoms with Gasteiger partial charge in [0.15, 0.2) is 0 Å². The van der Waals surface area contributed by atoms with Crippen LogP contribution in [0.4, 0.5) is 5.69 Å². The molecule has 2 heterocycles. The average molecular weight is 336 g/mol. The van der Waals surface area contributed by atoms with Crippen molar-refractivity contribution in [1.82, 2.24) is 9.47 Å². The number of hydrogen-bond donors (Lipinski definition) is 1. The highest BCUT2D eigenvalue weighted by atomic mass is 16.2. The number of aromatic nitrogens is 1. The Labute approximate surface area is 148 Å². The molecule has 1 aliphatic heterocycles. The number of nitrogens with zero attached hydrogens (tertiary/aromatic N) is 3. The molecule has 0 saturated carbocycles. The minimum absolute atomic E-state index is 0.0629. The number of nitriles is 1. The van der Waals surface area contributed by atoms with Crippen molar-refractivity contribution in [1.29, 1.82) is 5.26 Å². The second-order valence-corrected chi connectivity index (χ2v) is 6.88. The third kappa shape index (κ3) is 3.85. The van der Waals surface area contributed by atoms with Crippen LogP contribution in [0.15, 0.2) is 36.4 Å². The average Bonchev–Trinajstić information content (AvgIpc) is 2.91. The predicted molar refractivity (Wildman–Crippen MR) is 97.8 cm³/mol. The first kappa shape index (κ1) is 17.1. The second kappa shape index (κ2) is 7.43. The fourth-order valence-corrected chi connectivity index (χ4v) is 3.52. The van der Waals surface area contributed by atoms with Crippen LogP contribution in [0.5, 0.6) is 0 Å². The summed E-state index contributed by atoms with van der Waals surface area (Å²) in [6, 6.07) is 13.8. The van der Waals surface area contributed by atoms with Gasteiger partial charge in [0.05, 0.1) is 5.69 Å². The molecule has 1 saturated heterocycles. The number of nitrogens with two attached hydrogens (primary N) is 1. The number of anilines is 1. The van der Waals surface area contributed by atoms with Crippen molar-refractivity contribution in [3.8, 4) is 6.07 Å². The first-order chi connectivity index (χ1) is 12.1. The first-order valence-electron chi connectivity index (χ1n) is 8.78. The van der Waals surface area contributed by atoms with Crippen LogP contribution in [0.3, 0.4) is 0 Å². The third-order valence-corrected chi connectivity index (χ3v) is 4.87. The summed E-state index contributed by atoms with van der Waals surface area (Å²) in [7, 11) is 0. The summed E-state index contributed by atoms with van der Waals surface area (Å²) in [5, 5.41) is 9.44. The van der Waals surface area contributed by atoms with Crippen LogP contribution in [0.2, 0.25) is 0 Å². The molecule has 1 atom stereocenters. The van der Waals surface area contributed by atoms with Gasteiger partial charge in [-0.15, -0.1) is 0 Å². The van der Waals surface area contributed by atoms with Gasteiger partial charge in [0.25, 0.3) is 0 Å². The van der Waals surface area contributed by atoms with E-state index in [-0.39, 0.29) is 12.5 Å². The summed E-state index contributed by atoms with van der Waals surface area (Å²) in [6.07, 6.45) is 2.82. The van der Waals surface area contributed by atoms with E-state index < -0.39 is 0 Å². The molecule has 0 aliphatic carbocycles. The molecule has 2 N–H and O–H groups in total. The highest BCUT2D eigenvalue weighted by molar-refractivity contribution is 5.77. The lowest BCUT2D eigenvalue weighted by Crippen LogP contribution is -2.41. The minimum Gasteiger partial charge on any atom is -0.397 e. The van der Waals surface area contributed by atoms with Crippen LogP contribution in [-0.4, -0.2) is 28.5 Å². The smallest absolute Gasteiger partial charge is 0.242 e. The molecule has 1 fully saturated rings. The van der Waals surface area contributed by atoms with Crippen molar-refractivity contribution >= 4 is 11.6 Å². The second-order valence-electron chi connectivity index (χ2n) is 6.88. The maximum absolute atomic E-state index is 12.7. The van der Waals surface area contributed by atoms with Gasteiger partial charge in [-0.25, -0.2) is 0 Å². The highest BCUT2D eigenvalue weighted by Crippen LogP contribution is 2.23. The molecule has 0 radical (unpaired) electrons. The summed E-state index contributed by atoms with van der Waals surface area (Å²) in [6.45, 7) is 3.95. The summed E-state index contributed by atoms with van der Waals surface area (Å²) in [5.74, 6) is 0.597. The van der Waals surface area contributed by atoms with Crippen LogP contribution in [0.1, 0.15) is 36.7 Å². The van der Waals surface area contributed by atoms with E-state index in [2.05, 4.69) is 13.0 Å². The SMILES string of the molecule is CC1CCCN(C(=O)Cn2c(C#N)cc(N)c2Cc2ccccc2)C1. The predicted octanol–water partition coefficient (Wildman–Crippen LogP) is 2.79. The molecule has 0 bridgehead atoms. The molecule has 1 amide bonds. The Bertz CT molecular complexity index is 788. The van der Waals surface area contributed by atoms with Gasteiger partial charge in [-0.2, -0.15) is 5.26 Å². The van der Waals surface area contributed by atoms with E-state index in [1.807, 2.05) is 35.2 Å². The quantitative estimate of drug-likeness (QED) is 0.933. The summed E-state index contributed by atoms with van der Waals surface area (Å²) in [4.78, 5) is 14.7. The Balaban J connectivity index is 1.84. The van der Waals surface area contributed by atoms with Crippen molar-refractivity contribution in [2.75, 3.05) is 18.8 Å². The minimum atomic E-state index is 0.0629. The number of benzene rings is 1. The van der Waals surface area contributed by atoms with Crippen LogP contribution < -0.4 is 5.73 Å². The van der Waals surface area contributed by atoms with Crippen LogP contribution in [-0.2, 0) is 17.8 Å². The lowest BCUT2D eigenvalue weighted by molar-refractivity contribution is -0.133. The maximum Gasteiger partial charge on any atom is 0.242 e. The molecule has 5 heteroatoms. The van der Waals surface area contributed by atoms with E-state index in [0.29, 0.717) is 23.7 Å². The molecule has 130 valence electrons. The Morgan fingerprint density at radius 3 is 2.80 bits per heavy atom. The van der Waals surface area contributed by atoms with E-state index in [0.717, 1.165) is 30.8 Å². The molecule has 0 spiro atoms. The van der Waals surface area contributed by atoms with Crippen LogP contribution in [0, 0.1) is 17.2 Å². The molecule has 1 unspecified atom stereocenters. The normalized spacial score (nSPS) is 17.3. The number of carbonyl (C=O) groups excluding carboxylic acids is 1. The molecule has 1 aromatic carbocycles. The van der Waals surface area contributed by atoms with E-state index in [1.54, 1.807) is 10.6 Å². The molecular weight excluding hydrogens is 312 g/mol. The summed E-state index contributed by atoms with van der Waals surface area (Å²) < 4.78 is 1.78. The molecule has 3 rings (SSSR count). The van der Waals surface area contributed by atoms with Crippen molar-refractivity contribution in [3.05, 3.63) is 53.3 Å². The lowest BCUT2D eigenvalue weighted by Gasteiger charge is -2.31. The van der Waals surface area contributed by atoms with Gasteiger partial charge in [0, 0.05) is 25.2 Å². The van der Waals surface area contributed by atoms with Crippen molar-refractivity contribution < 1.29 is 4.79 Å². The summed E-state index contributed by atoms with van der Waals surface area (Å²) in [5.41, 5.74) is 9.10. The van der Waals surface area contributed by atoms with E-state index in [1.165, 1.54) is 6.42 Å². The number of rotatable bonds is 4.